The second-order valence-electron chi connectivity index (χ2n) is 7.90. The summed E-state index contributed by atoms with van der Waals surface area (Å²) in [6.07, 6.45) is 9.11. The third-order valence-electron chi connectivity index (χ3n) is 6.31. The molecule has 0 aromatic rings. The zero-order valence-electron chi connectivity index (χ0n) is 10.9. The molecule has 0 aromatic heterocycles. The summed E-state index contributed by atoms with van der Waals surface area (Å²) in [6.45, 7) is 10.1. The van der Waals surface area contributed by atoms with E-state index in [1.807, 2.05) is 0 Å². The first kappa shape index (κ1) is 10.2. The van der Waals surface area contributed by atoms with E-state index in [4.69, 9.17) is 0 Å². The van der Waals surface area contributed by atoms with E-state index < -0.39 is 0 Å². The first-order valence-electron chi connectivity index (χ1n) is 6.89. The van der Waals surface area contributed by atoms with Crippen molar-refractivity contribution in [3.8, 4) is 0 Å². The van der Waals surface area contributed by atoms with Gasteiger partial charge in [0.05, 0.1) is 0 Å². The maximum Gasteiger partial charge on any atom is -0.0207 e. The Labute approximate surface area is 94.8 Å². The molecular weight excluding hydrogens is 180 g/mol. The molecule has 0 N–H and O–H groups in total. The van der Waals surface area contributed by atoms with Crippen LogP contribution < -0.4 is 0 Å². The van der Waals surface area contributed by atoms with Gasteiger partial charge in [0.1, 0.15) is 0 Å². The highest BCUT2D eigenvalue weighted by Gasteiger charge is 2.66. The molecule has 3 aliphatic rings. The lowest BCUT2D eigenvalue weighted by Crippen LogP contribution is -2.32. The fraction of sp³-hybridized carbons (Fsp3) is 1.00. The highest BCUT2D eigenvalue weighted by molar-refractivity contribution is 5.16. The van der Waals surface area contributed by atoms with Crippen LogP contribution in [-0.4, -0.2) is 0 Å². The number of hydrogen-bond donors (Lipinski definition) is 0. The van der Waals surface area contributed by atoms with Gasteiger partial charge in [0.15, 0.2) is 0 Å². The minimum Gasteiger partial charge on any atom is -0.0622 e. The summed E-state index contributed by atoms with van der Waals surface area (Å²) in [7, 11) is 0. The Balaban J connectivity index is 2.03. The molecule has 0 heterocycles. The Kier molecular flexibility index (Phi) is 1.78. The zero-order valence-corrected chi connectivity index (χ0v) is 10.9. The highest BCUT2D eigenvalue weighted by Crippen LogP contribution is 2.75. The van der Waals surface area contributed by atoms with E-state index in [9.17, 15) is 0 Å². The summed E-state index contributed by atoms with van der Waals surface area (Å²) < 4.78 is 0. The van der Waals surface area contributed by atoms with Crippen LogP contribution in [0.5, 0.6) is 0 Å². The van der Waals surface area contributed by atoms with Crippen LogP contribution in [0.3, 0.4) is 0 Å². The second kappa shape index (κ2) is 2.63. The number of rotatable bonds is 0. The molecule has 1 spiro atoms. The molecule has 0 nitrogen and oxygen atoms in total. The summed E-state index contributed by atoms with van der Waals surface area (Å²) in [5, 5.41) is 0. The van der Waals surface area contributed by atoms with Crippen molar-refractivity contribution < 1.29 is 0 Å². The predicted octanol–water partition coefficient (Wildman–Crippen LogP) is 4.64. The maximum atomic E-state index is 2.61. The van der Waals surface area contributed by atoms with E-state index in [1.54, 1.807) is 6.42 Å². The largest absolute Gasteiger partial charge is 0.0622 e. The van der Waals surface area contributed by atoms with Crippen LogP contribution in [0.1, 0.15) is 66.2 Å². The fourth-order valence-electron chi connectivity index (χ4n) is 6.12. The van der Waals surface area contributed by atoms with E-state index in [2.05, 4.69) is 27.7 Å². The SMILES string of the molecule is C[C@@H]1CC[C@@]23CC(C)(C)C[C@]2(C)CCC13. The van der Waals surface area contributed by atoms with Crippen LogP contribution in [0.15, 0.2) is 0 Å². The molecular formula is C15H26. The lowest BCUT2D eigenvalue weighted by Gasteiger charge is -2.38. The van der Waals surface area contributed by atoms with E-state index in [0.717, 1.165) is 17.3 Å². The normalized spacial score (nSPS) is 56.8. The molecule has 1 unspecified atom stereocenters. The summed E-state index contributed by atoms with van der Waals surface area (Å²) in [5.41, 5.74) is 2.08. The van der Waals surface area contributed by atoms with Gasteiger partial charge in [0, 0.05) is 0 Å². The van der Waals surface area contributed by atoms with Gasteiger partial charge >= 0.3 is 0 Å². The summed E-state index contributed by atoms with van der Waals surface area (Å²) in [5.74, 6) is 2.09. The van der Waals surface area contributed by atoms with Gasteiger partial charge in [-0.05, 0) is 66.6 Å². The van der Waals surface area contributed by atoms with E-state index in [0.29, 0.717) is 10.8 Å². The molecule has 86 valence electrons. The van der Waals surface area contributed by atoms with Crippen molar-refractivity contribution in [2.24, 2.45) is 28.1 Å². The van der Waals surface area contributed by atoms with Gasteiger partial charge in [-0.25, -0.2) is 0 Å². The summed E-state index contributed by atoms with van der Waals surface area (Å²) in [6, 6.07) is 0. The summed E-state index contributed by atoms with van der Waals surface area (Å²) >= 11 is 0. The van der Waals surface area contributed by atoms with Crippen molar-refractivity contribution in [1.29, 1.82) is 0 Å². The Morgan fingerprint density at radius 2 is 1.67 bits per heavy atom. The first-order valence-corrected chi connectivity index (χ1v) is 6.89. The fourth-order valence-corrected chi connectivity index (χ4v) is 6.12. The van der Waals surface area contributed by atoms with Gasteiger partial charge < -0.3 is 0 Å². The van der Waals surface area contributed by atoms with E-state index in [1.165, 1.54) is 32.1 Å². The van der Waals surface area contributed by atoms with E-state index >= 15 is 0 Å². The molecule has 3 rings (SSSR count). The standard InChI is InChI=1S/C15H26/c1-11-5-8-15-10-13(2,3)9-14(15,4)7-6-12(11)15/h11-12H,5-10H2,1-4H3/t11-,12?,14+,15+/m1/s1. The van der Waals surface area contributed by atoms with Gasteiger partial charge in [-0.2, -0.15) is 0 Å². The molecule has 15 heavy (non-hydrogen) atoms. The molecule has 4 atom stereocenters. The van der Waals surface area contributed by atoms with Gasteiger partial charge in [-0.15, -0.1) is 0 Å². The third kappa shape index (κ3) is 1.09. The van der Waals surface area contributed by atoms with Crippen LogP contribution in [0.4, 0.5) is 0 Å². The lowest BCUT2D eigenvalue weighted by atomic mass is 9.66. The van der Waals surface area contributed by atoms with Crippen LogP contribution in [0.25, 0.3) is 0 Å². The van der Waals surface area contributed by atoms with Crippen molar-refractivity contribution >= 4 is 0 Å². The van der Waals surface area contributed by atoms with Gasteiger partial charge in [-0.1, -0.05) is 27.7 Å². The van der Waals surface area contributed by atoms with Gasteiger partial charge in [0.2, 0.25) is 0 Å². The van der Waals surface area contributed by atoms with Crippen LogP contribution >= 0.6 is 0 Å². The summed E-state index contributed by atoms with van der Waals surface area (Å²) in [4.78, 5) is 0. The van der Waals surface area contributed by atoms with Crippen molar-refractivity contribution in [2.75, 3.05) is 0 Å². The van der Waals surface area contributed by atoms with Gasteiger partial charge in [-0.3, -0.25) is 0 Å². The van der Waals surface area contributed by atoms with Crippen molar-refractivity contribution in [2.45, 2.75) is 66.2 Å². The zero-order chi connectivity index (χ0) is 10.9. The van der Waals surface area contributed by atoms with Gasteiger partial charge in [0.25, 0.3) is 0 Å². The molecule has 0 aliphatic heterocycles. The smallest absolute Gasteiger partial charge is 0.0207 e. The van der Waals surface area contributed by atoms with Crippen LogP contribution in [-0.2, 0) is 0 Å². The Morgan fingerprint density at radius 3 is 2.40 bits per heavy atom. The Hall–Kier alpha value is 0. The van der Waals surface area contributed by atoms with Crippen molar-refractivity contribution in [1.82, 2.24) is 0 Å². The van der Waals surface area contributed by atoms with Crippen molar-refractivity contribution in [3.05, 3.63) is 0 Å². The molecule has 0 aromatic carbocycles. The van der Waals surface area contributed by atoms with Crippen LogP contribution in [0, 0.1) is 28.1 Å². The minimum absolute atomic E-state index is 0.622. The molecule has 0 saturated heterocycles. The Morgan fingerprint density at radius 1 is 0.933 bits per heavy atom. The average molecular weight is 206 g/mol. The molecule has 0 amide bonds. The average Bonchev–Trinajstić information content (AvgIpc) is 2.57. The number of hydrogen-bond acceptors (Lipinski definition) is 0. The second-order valence-corrected chi connectivity index (χ2v) is 7.90. The van der Waals surface area contributed by atoms with Crippen molar-refractivity contribution in [3.63, 3.8) is 0 Å². The Bertz CT molecular complexity index is 290. The highest BCUT2D eigenvalue weighted by atomic mass is 14.7. The molecule has 3 saturated carbocycles. The third-order valence-corrected chi connectivity index (χ3v) is 6.31. The minimum atomic E-state index is 0.622. The molecule has 3 fully saturated rings. The molecule has 0 radical (unpaired) electrons. The monoisotopic (exact) mass is 206 g/mol. The lowest BCUT2D eigenvalue weighted by molar-refractivity contribution is 0.0988. The quantitative estimate of drug-likeness (QED) is 0.541. The topological polar surface area (TPSA) is 0 Å². The first-order chi connectivity index (χ1) is 6.89. The van der Waals surface area contributed by atoms with E-state index in [-0.39, 0.29) is 0 Å². The molecule has 0 bridgehead atoms. The predicted molar refractivity (Wildman–Crippen MR) is 64.7 cm³/mol. The van der Waals surface area contributed by atoms with Crippen LogP contribution in [0.2, 0.25) is 0 Å². The molecule has 3 aliphatic carbocycles. The molecule has 0 heteroatoms. The maximum absolute atomic E-state index is 2.61.